The zero-order valence-electron chi connectivity index (χ0n) is 13.0. The zero-order chi connectivity index (χ0) is 18.4. The van der Waals surface area contributed by atoms with E-state index in [1.807, 2.05) is 0 Å². The molecule has 0 aliphatic carbocycles. The average Bonchev–Trinajstić information content (AvgIpc) is 2.56. The normalized spacial score (nSPS) is 9.96. The summed E-state index contributed by atoms with van der Waals surface area (Å²) >= 11 is 0. The molecule has 10 nitrogen and oxygen atoms in total. The van der Waals surface area contributed by atoms with Gasteiger partial charge in [0.1, 0.15) is 5.75 Å². The van der Waals surface area contributed by atoms with Gasteiger partial charge in [0.05, 0.1) is 22.1 Å². The molecule has 1 N–H and O–H groups in total. The van der Waals surface area contributed by atoms with Crippen LogP contribution in [0.4, 0.5) is 21.9 Å². The highest BCUT2D eigenvalue weighted by molar-refractivity contribution is 5.85. The third-order valence-corrected chi connectivity index (χ3v) is 2.95. The highest BCUT2D eigenvalue weighted by Gasteiger charge is 2.18. The van der Waals surface area contributed by atoms with Gasteiger partial charge in [0.25, 0.3) is 5.69 Å². The van der Waals surface area contributed by atoms with E-state index in [2.05, 4.69) is 5.32 Å². The van der Waals surface area contributed by atoms with E-state index in [0.29, 0.717) is 0 Å². The van der Waals surface area contributed by atoms with E-state index in [0.717, 1.165) is 6.07 Å². The summed E-state index contributed by atoms with van der Waals surface area (Å²) in [4.78, 5) is 32.0. The van der Waals surface area contributed by atoms with Crippen molar-refractivity contribution >= 4 is 23.2 Å². The number of rotatable bonds is 6. The Bertz CT molecular complexity index is 805. The highest BCUT2D eigenvalue weighted by atomic mass is 16.6. The van der Waals surface area contributed by atoms with Crippen LogP contribution in [-0.4, -0.2) is 22.5 Å². The monoisotopic (exact) mass is 347 g/mol. The summed E-state index contributed by atoms with van der Waals surface area (Å²) in [5.74, 6) is 0.119. The number of nitro benzene ring substituents is 2. The maximum atomic E-state index is 11.4. The fraction of sp³-hybridized carbons (Fsp3) is 0.133. The van der Waals surface area contributed by atoms with Gasteiger partial charge in [-0.05, 0) is 31.2 Å². The van der Waals surface area contributed by atoms with Gasteiger partial charge in [-0.3, -0.25) is 25.5 Å². The number of nitrogens with one attached hydrogen (secondary N) is 1. The largest absolute Gasteiger partial charge is 0.450 e. The van der Waals surface area contributed by atoms with Crippen LogP contribution in [-0.2, 0) is 4.74 Å². The molecule has 2 rings (SSSR count). The number of benzene rings is 2. The Morgan fingerprint density at radius 2 is 1.76 bits per heavy atom. The maximum Gasteiger partial charge on any atom is 0.411 e. The highest BCUT2D eigenvalue weighted by Crippen LogP contribution is 2.34. The molecule has 0 aliphatic rings. The minimum atomic E-state index is -0.735. The molecule has 10 heteroatoms. The molecule has 0 saturated carbocycles. The van der Waals surface area contributed by atoms with Crippen molar-refractivity contribution in [3.05, 3.63) is 62.7 Å². The first-order valence-electron chi connectivity index (χ1n) is 7.05. The SMILES string of the molecule is CCOC(=O)Nc1ccc(Oc2ccc([N+](=O)[O-])cc2)c([N+](=O)[O-])c1. The van der Waals surface area contributed by atoms with Crippen LogP contribution in [0, 0.1) is 20.2 Å². The summed E-state index contributed by atoms with van der Waals surface area (Å²) in [6.07, 6.45) is -0.735. The molecular weight excluding hydrogens is 334 g/mol. The minimum absolute atomic E-state index is 0.0757. The van der Waals surface area contributed by atoms with Crippen LogP contribution in [0.5, 0.6) is 11.5 Å². The van der Waals surface area contributed by atoms with Crippen molar-refractivity contribution in [3.63, 3.8) is 0 Å². The third-order valence-electron chi connectivity index (χ3n) is 2.95. The molecule has 2 aromatic rings. The van der Waals surface area contributed by atoms with E-state index in [4.69, 9.17) is 9.47 Å². The van der Waals surface area contributed by atoms with Gasteiger partial charge in [0.2, 0.25) is 5.75 Å². The summed E-state index contributed by atoms with van der Waals surface area (Å²) in [6, 6.07) is 8.93. The van der Waals surface area contributed by atoms with Crippen molar-refractivity contribution < 1.29 is 24.1 Å². The van der Waals surface area contributed by atoms with E-state index in [1.165, 1.54) is 36.4 Å². The lowest BCUT2D eigenvalue weighted by molar-refractivity contribution is -0.385. The predicted molar refractivity (Wildman–Crippen MR) is 86.9 cm³/mol. The minimum Gasteiger partial charge on any atom is -0.450 e. The maximum absolute atomic E-state index is 11.4. The number of nitrogens with zero attached hydrogens (tertiary/aromatic N) is 2. The molecule has 0 atom stereocenters. The molecule has 0 spiro atoms. The second-order valence-electron chi connectivity index (χ2n) is 4.64. The van der Waals surface area contributed by atoms with Crippen LogP contribution in [0.25, 0.3) is 0 Å². The van der Waals surface area contributed by atoms with Gasteiger partial charge in [-0.15, -0.1) is 0 Å². The molecule has 0 bridgehead atoms. The molecule has 0 unspecified atom stereocenters. The van der Waals surface area contributed by atoms with Crippen molar-refractivity contribution in [3.8, 4) is 11.5 Å². The molecule has 0 heterocycles. The Balaban J connectivity index is 2.23. The summed E-state index contributed by atoms with van der Waals surface area (Å²) in [6.45, 7) is 1.79. The number of non-ortho nitro benzene ring substituents is 1. The van der Waals surface area contributed by atoms with Gasteiger partial charge in [-0.25, -0.2) is 4.79 Å². The lowest BCUT2D eigenvalue weighted by Crippen LogP contribution is -2.13. The quantitative estimate of drug-likeness (QED) is 0.619. The van der Waals surface area contributed by atoms with Crippen LogP contribution in [0.1, 0.15) is 6.92 Å². The topological polar surface area (TPSA) is 134 Å². The van der Waals surface area contributed by atoms with Crippen LogP contribution >= 0.6 is 0 Å². The summed E-state index contributed by atoms with van der Waals surface area (Å²) in [7, 11) is 0. The smallest absolute Gasteiger partial charge is 0.411 e. The van der Waals surface area contributed by atoms with Crippen LogP contribution < -0.4 is 10.1 Å². The van der Waals surface area contributed by atoms with Gasteiger partial charge < -0.3 is 9.47 Å². The van der Waals surface area contributed by atoms with E-state index < -0.39 is 15.9 Å². The summed E-state index contributed by atoms with van der Waals surface area (Å²) in [5, 5.41) is 24.2. The first kappa shape index (κ1) is 17.7. The summed E-state index contributed by atoms with van der Waals surface area (Å²) < 4.78 is 10.1. The van der Waals surface area contributed by atoms with Gasteiger partial charge in [0.15, 0.2) is 0 Å². The van der Waals surface area contributed by atoms with E-state index in [1.54, 1.807) is 6.92 Å². The van der Waals surface area contributed by atoms with E-state index in [9.17, 15) is 25.0 Å². The second-order valence-corrected chi connectivity index (χ2v) is 4.64. The molecule has 25 heavy (non-hydrogen) atoms. The fourth-order valence-electron chi connectivity index (χ4n) is 1.87. The average molecular weight is 347 g/mol. The Labute approximate surface area is 141 Å². The van der Waals surface area contributed by atoms with Crippen molar-refractivity contribution in [1.29, 1.82) is 0 Å². The van der Waals surface area contributed by atoms with Crippen LogP contribution in [0.2, 0.25) is 0 Å². The van der Waals surface area contributed by atoms with Crippen LogP contribution in [0.3, 0.4) is 0 Å². The molecule has 0 fully saturated rings. The first-order valence-corrected chi connectivity index (χ1v) is 7.05. The molecule has 0 aliphatic heterocycles. The van der Waals surface area contributed by atoms with Crippen molar-refractivity contribution in [1.82, 2.24) is 0 Å². The number of carbonyl (C=O) groups excluding carboxylic acids is 1. The molecule has 1 amide bonds. The molecular formula is C15H13N3O7. The van der Waals surface area contributed by atoms with E-state index >= 15 is 0 Å². The number of hydrogen-bond donors (Lipinski definition) is 1. The Hall–Kier alpha value is -3.69. The Kier molecular flexibility index (Phi) is 5.46. The number of carbonyl (C=O) groups is 1. The number of amides is 1. The van der Waals surface area contributed by atoms with Crippen LogP contribution in [0.15, 0.2) is 42.5 Å². The molecule has 2 aromatic carbocycles. The number of nitro groups is 2. The standard InChI is InChI=1S/C15H13N3O7/c1-2-24-15(19)16-10-3-8-14(13(9-10)18(22)23)25-12-6-4-11(5-7-12)17(20)21/h3-9H,2H2,1H3,(H,16,19). The lowest BCUT2D eigenvalue weighted by Gasteiger charge is -2.09. The van der Waals surface area contributed by atoms with E-state index in [-0.39, 0.29) is 35.2 Å². The molecule has 0 saturated heterocycles. The summed E-state index contributed by atoms with van der Waals surface area (Å²) in [5.41, 5.74) is -0.343. The van der Waals surface area contributed by atoms with Crippen molar-refractivity contribution in [2.45, 2.75) is 6.92 Å². The van der Waals surface area contributed by atoms with Gasteiger partial charge in [-0.1, -0.05) is 0 Å². The third kappa shape index (κ3) is 4.64. The Morgan fingerprint density at radius 3 is 2.32 bits per heavy atom. The zero-order valence-corrected chi connectivity index (χ0v) is 13.0. The first-order chi connectivity index (χ1) is 11.9. The number of ether oxygens (including phenoxy) is 2. The number of hydrogen-bond acceptors (Lipinski definition) is 7. The van der Waals surface area contributed by atoms with Crippen molar-refractivity contribution in [2.75, 3.05) is 11.9 Å². The molecule has 130 valence electrons. The molecule has 0 aromatic heterocycles. The van der Waals surface area contributed by atoms with Gasteiger partial charge in [-0.2, -0.15) is 0 Å². The van der Waals surface area contributed by atoms with Gasteiger partial charge >= 0.3 is 11.8 Å². The lowest BCUT2D eigenvalue weighted by atomic mass is 10.2. The molecule has 0 radical (unpaired) electrons. The fourth-order valence-corrected chi connectivity index (χ4v) is 1.87. The predicted octanol–water partition coefficient (Wildman–Crippen LogP) is 3.86. The van der Waals surface area contributed by atoms with Crippen molar-refractivity contribution in [2.24, 2.45) is 0 Å². The van der Waals surface area contributed by atoms with Gasteiger partial charge in [0, 0.05) is 18.2 Å². The second kappa shape index (κ2) is 7.73. The Morgan fingerprint density at radius 1 is 1.08 bits per heavy atom. The number of anilines is 1.